The maximum absolute atomic E-state index is 13.8. The Morgan fingerprint density at radius 2 is 1.29 bits per heavy atom. The quantitative estimate of drug-likeness (QED) is 0.395. The Morgan fingerprint density at radius 1 is 0.871 bits per heavy atom. The van der Waals surface area contributed by atoms with Crippen LogP contribution in [0.25, 0.3) is 0 Å². The summed E-state index contributed by atoms with van der Waals surface area (Å²) in [4.78, 5) is 28.6. The highest BCUT2D eigenvalue weighted by molar-refractivity contribution is 6.00. The molecule has 0 radical (unpaired) electrons. The van der Waals surface area contributed by atoms with Gasteiger partial charge in [0.25, 0.3) is 6.43 Å². The van der Waals surface area contributed by atoms with Crippen molar-refractivity contribution < 1.29 is 41.0 Å². The summed E-state index contributed by atoms with van der Waals surface area (Å²) in [7, 11) is 0. The van der Waals surface area contributed by atoms with Gasteiger partial charge in [-0.1, -0.05) is 13.8 Å². The number of rotatable bonds is 5. The maximum Gasteiger partial charge on any atom is 0.434 e. The average Bonchev–Trinajstić information content (AvgIpc) is 2.48. The van der Waals surface area contributed by atoms with Crippen LogP contribution in [0, 0.1) is 5.92 Å². The second kappa shape index (κ2) is 9.08. The fourth-order valence-corrected chi connectivity index (χ4v) is 2.74. The summed E-state index contributed by atoms with van der Waals surface area (Å²) in [5.74, 6) is -3.09. The SMILES string of the molecule is CC(C)Cc1c(C(=O)OC(C)(C)C)c(C(F)F)nc(C(F)(F)F)c1C(=O)OC(C)(C)C. The highest BCUT2D eigenvalue weighted by Crippen LogP contribution is 2.38. The number of hydrogen-bond acceptors (Lipinski definition) is 5. The molecule has 0 amide bonds. The van der Waals surface area contributed by atoms with E-state index >= 15 is 0 Å². The number of halogens is 5. The summed E-state index contributed by atoms with van der Waals surface area (Å²) in [6.45, 7) is 12.0. The average molecular weight is 453 g/mol. The third-order valence-corrected chi connectivity index (χ3v) is 3.62. The zero-order chi connectivity index (χ0) is 24.5. The van der Waals surface area contributed by atoms with E-state index in [4.69, 9.17) is 9.47 Å². The van der Waals surface area contributed by atoms with Gasteiger partial charge < -0.3 is 9.47 Å². The number of hydrogen-bond donors (Lipinski definition) is 0. The number of nitrogens with zero attached hydrogens (tertiary/aromatic N) is 1. The molecule has 176 valence electrons. The summed E-state index contributed by atoms with van der Waals surface area (Å²) in [6, 6.07) is 0. The van der Waals surface area contributed by atoms with Gasteiger partial charge in [0.15, 0.2) is 5.69 Å². The molecule has 1 rings (SSSR count). The van der Waals surface area contributed by atoms with Crippen LogP contribution in [0.15, 0.2) is 0 Å². The fourth-order valence-electron chi connectivity index (χ4n) is 2.74. The van der Waals surface area contributed by atoms with Crippen molar-refractivity contribution in [3.8, 4) is 0 Å². The van der Waals surface area contributed by atoms with Crippen molar-refractivity contribution in [2.24, 2.45) is 5.92 Å². The molecule has 1 heterocycles. The van der Waals surface area contributed by atoms with Crippen LogP contribution in [-0.4, -0.2) is 28.1 Å². The summed E-state index contributed by atoms with van der Waals surface area (Å²) in [5, 5.41) is 0. The van der Waals surface area contributed by atoms with Gasteiger partial charge in [-0.2, -0.15) is 13.2 Å². The van der Waals surface area contributed by atoms with Crippen LogP contribution in [0.4, 0.5) is 22.0 Å². The van der Waals surface area contributed by atoms with E-state index in [9.17, 15) is 31.5 Å². The molecule has 0 aliphatic rings. The first kappa shape index (κ1) is 26.8. The zero-order valence-electron chi connectivity index (χ0n) is 18.8. The van der Waals surface area contributed by atoms with Gasteiger partial charge >= 0.3 is 18.1 Å². The Balaban J connectivity index is 4.08. The lowest BCUT2D eigenvalue weighted by Crippen LogP contribution is -2.31. The summed E-state index contributed by atoms with van der Waals surface area (Å²) < 4.78 is 79.1. The predicted molar refractivity (Wildman–Crippen MR) is 103 cm³/mol. The Bertz CT molecular complexity index is 834. The third kappa shape index (κ3) is 7.43. The number of carbonyl (C=O) groups is 2. The van der Waals surface area contributed by atoms with Gasteiger partial charge in [0, 0.05) is 0 Å². The standard InChI is InChI=1S/C21H28F5NO4/c1-10(2)9-11-12(17(28)30-19(3,4)5)14(16(22)23)27-15(21(24,25)26)13(11)18(29)31-20(6,7)8/h10,16H,9H2,1-8H3. The molecule has 0 aliphatic carbocycles. The minimum absolute atomic E-state index is 0.283. The lowest BCUT2D eigenvalue weighted by molar-refractivity contribution is -0.142. The van der Waals surface area contributed by atoms with Crippen molar-refractivity contribution in [2.45, 2.75) is 85.6 Å². The largest absolute Gasteiger partial charge is 0.456 e. The Morgan fingerprint density at radius 3 is 1.61 bits per heavy atom. The van der Waals surface area contributed by atoms with Gasteiger partial charge in [-0.25, -0.2) is 23.4 Å². The molecule has 0 atom stereocenters. The predicted octanol–water partition coefficient (Wildman–Crippen LogP) is 6.15. The van der Waals surface area contributed by atoms with E-state index in [1.165, 1.54) is 41.5 Å². The molecule has 31 heavy (non-hydrogen) atoms. The monoisotopic (exact) mass is 453 g/mol. The molecule has 1 aromatic rings. The lowest BCUT2D eigenvalue weighted by Gasteiger charge is -2.26. The van der Waals surface area contributed by atoms with E-state index in [0.717, 1.165) is 0 Å². The number of ether oxygens (including phenoxy) is 2. The smallest absolute Gasteiger partial charge is 0.434 e. The molecule has 0 saturated carbocycles. The first-order chi connectivity index (χ1) is 13.7. The van der Waals surface area contributed by atoms with E-state index in [1.807, 2.05) is 0 Å². The molecule has 0 aliphatic heterocycles. The van der Waals surface area contributed by atoms with Crippen LogP contribution in [-0.2, 0) is 22.1 Å². The first-order valence-corrected chi connectivity index (χ1v) is 9.63. The van der Waals surface area contributed by atoms with Crippen molar-refractivity contribution in [3.63, 3.8) is 0 Å². The topological polar surface area (TPSA) is 65.5 Å². The van der Waals surface area contributed by atoms with E-state index < -0.39 is 69.7 Å². The van der Waals surface area contributed by atoms with Gasteiger partial charge in [-0.15, -0.1) is 0 Å². The normalized spacial score (nSPS) is 13.0. The minimum atomic E-state index is -5.24. The minimum Gasteiger partial charge on any atom is -0.456 e. The number of carbonyl (C=O) groups excluding carboxylic acids is 2. The van der Waals surface area contributed by atoms with Gasteiger partial charge in [0.2, 0.25) is 0 Å². The van der Waals surface area contributed by atoms with Crippen molar-refractivity contribution in [1.82, 2.24) is 4.98 Å². The maximum atomic E-state index is 13.8. The van der Waals surface area contributed by atoms with Gasteiger partial charge in [-0.05, 0) is 59.4 Å². The zero-order valence-corrected chi connectivity index (χ0v) is 18.8. The molecule has 10 heteroatoms. The third-order valence-electron chi connectivity index (χ3n) is 3.62. The second-order valence-corrected chi connectivity index (χ2v) is 9.47. The van der Waals surface area contributed by atoms with E-state index in [-0.39, 0.29) is 6.42 Å². The number of aromatic nitrogens is 1. The van der Waals surface area contributed by atoms with E-state index in [0.29, 0.717) is 0 Å². The molecule has 0 unspecified atom stereocenters. The van der Waals surface area contributed by atoms with Crippen LogP contribution in [0.2, 0.25) is 0 Å². The molecule has 0 aromatic carbocycles. The molecular weight excluding hydrogens is 425 g/mol. The number of pyridine rings is 1. The number of esters is 2. The van der Waals surface area contributed by atoms with Crippen LogP contribution in [0.1, 0.15) is 99.5 Å². The highest BCUT2D eigenvalue weighted by atomic mass is 19.4. The molecule has 0 fully saturated rings. The Kier molecular flexibility index (Phi) is 7.84. The fraction of sp³-hybridized carbons (Fsp3) is 0.667. The highest BCUT2D eigenvalue weighted by Gasteiger charge is 2.44. The van der Waals surface area contributed by atoms with E-state index in [2.05, 4.69) is 4.98 Å². The van der Waals surface area contributed by atoms with Crippen LogP contribution in [0.3, 0.4) is 0 Å². The molecule has 0 spiro atoms. The van der Waals surface area contributed by atoms with Crippen LogP contribution < -0.4 is 0 Å². The van der Waals surface area contributed by atoms with Crippen molar-refractivity contribution in [3.05, 3.63) is 28.1 Å². The first-order valence-electron chi connectivity index (χ1n) is 9.63. The van der Waals surface area contributed by atoms with Gasteiger partial charge in [-0.3, -0.25) is 0 Å². The summed E-state index contributed by atoms with van der Waals surface area (Å²) >= 11 is 0. The van der Waals surface area contributed by atoms with Crippen molar-refractivity contribution in [1.29, 1.82) is 0 Å². The molecule has 1 aromatic heterocycles. The van der Waals surface area contributed by atoms with Gasteiger partial charge in [0.1, 0.15) is 16.9 Å². The summed E-state index contributed by atoms with van der Waals surface area (Å²) in [5.41, 5.74) is -7.92. The van der Waals surface area contributed by atoms with Gasteiger partial charge in [0.05, 0.1) is 11.1 Å². The Hall–Kier alpha value is -2.26. The van der Waals surface area contributed by atoms with Crippen molar-refractivity contribution >= 4 is 11.9 Å². The molecular formula is C21H28F5NO4. The van der Waals surface area contributed by atoms with Crippen LogP contribution >= 0.6 is 0 Å². The molecule has 0 bridgehead atoms. The molecule has 5 nitrogen and oxygen atoms in total. The van der Waals surface area contributed by atoms with Crippen molar-refractivity contribution in [2.75, 3.05) is 0 Å². The lowest BCUT2D eigenvalue weighted by atomic mass is 9.90. The Labute approximate surface area is 178 Å². The molecule has 0 N–H and O–H groups in total. The van der Waals surface area contributed by atoms with E-state index in [1.54, 1.807) is 13.8 Å². The van der Waals surface area contributed by atoms with Crippen LogP contribution in [0.5, 0.6) is 0 Å². The molecule has 0 saturated heterocycles. The second-order valence-electron chi connectivity index (χ2n) is 9.47. The number of alkyl halides is 5. The summed E-state index contributed by atoms with van der Waals surface area (Å²) in [6.07, 6.45) is -9.04.